The van der Waals surface area contributed by atoms with Crippen molar-refractivity contribution in [3.8, 4) is 5.75 Å². The molecule has 1 aromatic heterocycles. The average molecular weight is 309 g/mol. The lowest BCUT2D eigenvalue weighted by atomic mass is 10.1. The van der Waals surface area contributed by atoms with Crippen LogP contribution in [0, 0.1) is 0 Å². The Bertz CT molecular complexity index is 778. The van der Waals surface area contributed by atoms with E-state index >= 15 is 0 Å². The van der Waals surface area contributed by atoms with Crippen molar-refractivity contribution in [1.82, 2.24) is 15.2 Å². The van der Waals surface area contributed by atoms with Crippen molar-refractivity contribution in [1.29, 1.82) is 0 Å². The Balaban J connectivity index is 1.57. The van der Waals surface area contributed by atoms with E-state index in [9.17, 15) is 9.59 Å². The molecule has 6 nitrogen and oxygen atoms in total. The van der Waals surface area contributed by atoms with Gasteiger partial charge in [0.15, 0.2) is 0 Å². The Labute approximate surface area is 133 Å². The molecule has 1 N–H and O–H groups in total. The van der Waals surface area contributed by atoms with Gasteiger partial charge in [0.25, 0.3) is 11.8 Å². The summed E-state index contributed by atoms with van der Waals surface area (Å²) in [5.74, 6) is 0.238. The van der Waals surface area contributed by atoms with Gasteiger partial charge in [-0.25, -0.2) is 0 Å². The second kappa shape index (κ2) is 5.08. The first-order chi connectivity index (χ1) is 11.2. The number of aromatic nitrogens is 1. The highest BCUT2D eigenvalue weighted by Crippen LogP contribution is 2.33. The van der Waals surface area contributed by atoms with Crippen molar-refractivity contribution < 1.29 is 14.3 Å². The van der Waals surface area contributed by atoms with Crippen molar-refractivity contribution in [3.05, 3.63) is 59.9 Å². The first-order valence-corrected chi connectivity index (χ1v) is 7.48. The number of carbonyl (C=O) groups excluding carboxylic acids is 2. The van der Waals surface area contributed by atoms with Crippen LogP contribution in [0.15, 0.2) is 48.7 Å². The predicted molar refractivity (Wildman–Crippen MR) is 82.0 cm³/mol. The van der Waals surface area contributed by atoms with Crippen molar-refractivity contribution in [2.75, 3.05) is 13.1 Å². The van der Waals surface area contributed by atoms with Crippen molar-refractivity contribution in [3.63, 3.8) is 0 Å². The van der Waals surface area contributed by atoms with E-state index < -0.39 is 5.72 Å². The van der Waals surface area contributed by atoms with Crippen LogP contribution in [0.4, 0.5) is 0 Å². The number of hydrogen-bond donors (Lipinski definition) is 1. The highest BCUT2D eigenvalue weighted by atomic mass is 16.5. The Morgan fingerprint density at radius 3 is 2.87 bits per heavy atom. The summed E-state index contributed by atoms with van der Waals surface area (Å²) >= 11 is 0. The van der Waals surface area contributed by atoms with E-state index in [0.717, 1.165) is 0 Å². The molecule has 0 aliphatic carbocycles. The maximum Gasteiger partial charge on any atom is 0.272 e. The number of likely N-dealkylation sites (tertiary alicyclic amines) is 1. The van der Waals surface area contributed by atoms with Crippen LogP contribution in [-0.2, 0) is 0 Å². The average Bonchev–Trinajstić information content (AvgIpc) is 2.98. The maximum atomic E-state index is 12.5. The summed E-state index contributed by atoms with van der Waals surface area (Å²) in [6.45, 7) is 0.820. The SMILES string of the molecule is O=C1NC2(CCN(C(=O)c3ccccn3)C2)Oc2ccccc21. The van der Waals surface area contributed by atoms with Crippen molar-refractivity contribution in [2.24, 2.45) is 0 Å². The lowest BCUT2D eigenvalue weighted by Gasteiger charge is -2.35. The Morgan fingerprint density at radius 2 is 2.04 bits per heavy atom. The minimum Gasteiger partial charge on any atom is -0.465 e. The molecule has 1 unspecified atom stereocenters. The quantitative estimate of drug-likeness (QED) is 0.865. The van der Waals surface area contributed by atoms with E-state index in [0.29, 0.717) is 36.5 Å². The zero-order chi connectivity index (χ0) is 15.9. The highest BCUT2D eigenvalue weighted by Gasteiger charge is 2.46. The third-order valence-electron chi connectivity index (χ3n) is 4.18. The number of amides is 2. The molecule has 0 radical (unpaired) electrons. The van der Waals surface area contributed by atoms with Gasteiger partial charge >= 0.3 is 0 Å². The summed E-state index contributed by atoms with van der Waals surface area (Å²) < 4.78 is 6.02. The number of nitrogens with zero attached hydrogens (tertiary/aromatic N) is 2. The smallest absolute Gasteiger partial charge is 0.272 e. The fraction of sp³-hybridized carbons (Fsp3) is 0.235. The third-order valence-corrected chi connectivity index (χ3v) is 4.18. The molecule has 1 aromatic carbocycles. The van der Waals surface area contributed by atoms with Gasteiger partial charge in [-0.3, -0.25) is 14.6 Å². The summed E-state index contributed by atoms with van der Waals surface area (Å²) in [6, 6.07) is 12.4. The fourth-order valence-electron chi connectivity index (χ4n) is 3.05. The normalized spacial score (nSPS) is 22.4. The molecule has 23 heavy (non-hydrogen) atoms. The number of pyridine rings is 1. The van der Waals surface area contributed by atoms with Gasteiger partial charge in [0.1, 0.15) is 11.4 Å². The van der Waals surface area contributed by atoms with Gasteiger partial charge in [0.2, 0.25) is 5.72 Å². The van der Waals surface area contributed by atoms with Crippen LogP contribution in [0.5, 0.6) is 5.75 Å². The van der Waals surface area contributed by atoms with Crippen LogP contribution in [0.2, 0.25) is 0 Å². The van der Waals surface area contributed by atoms with Crippen LogP contribution in [0.1, 0.15) is 27.3 Å². The third kappa shape index (κ3) is 2.32. The number of para-hydroxylation sites is 1. The number of hydrogen-bond acceptors (Lipinski definition) is 4. The molecule has 0 bridgehead atoms. The van der Waals surface area contributed by atoms with Crippen LogP contribution in [0.25, 0.3) is 0 Å². The molecule has 0 saturated carbocycles. The Kier molecular flexibility index (Phi) is 3.04. The van der Waals surface area contributed by atoms with Gasteiger partial charge in [0.05, 0.1) is 12.1 Å². The molecule has 1 atom stereocenters. The second-order valence-corrected chi connectivity index (χ2v) is 5.74. The predicted octanol–water partition coefficient (Wildman–Crippen LogP) is 1.45. The highest BCUT2D eigenvalue weighted by molar-refractivity contribution is 5.98. The van der Waals surface area contributed by atoms with Gasteiger partial charge in [-0.2, -0.15) is 0 Å². The van der Waals surface area contributed by atoms with Crippen LogP contribution in [-0.4, -0.2) is 40.5 Å². The van der Waals surface area contributed by atoms with Crippen LogP contribution < -0.4 is 10.1 Å². The molecule has 1 saturated heterocycles. The molecule has 2 aromatic rings. The molecule has 2 amide bonds. The molecule has 2 aliphatic heterocycles. The van der Waals surface area contributed by atoms with E-state index in [4.69, 9.17) is 4.74 Å². The molecule has 2 aliphatic rings. The first kappa shape index (κ1) is 13.8. The number of fused-ring (bicyclic) bond motifs is 1. The number of rotatable bonds is 1. The van der Waals surface area contributed by atoms with Crippen LogP contribution >= 0.6 is 0 Å². The maximum absolute atomic E-state index is 12.5. The monoisotopic (exact) mass is 309 g/mol. The molecule has 4 rings (SSSR count). The van der Waals surface area contributed by atoms with Gasteiger partial charge in [-0.1, -0.05) is 18.2 Å². The number of benzene rings is 1. The zero-order valence-corrected chi connectivity index (χ0v) is 12.4. The van der Waals surface area contributed by atoms with Gasteiger partial charge in [0, 0.05) is 19.2 Å². The second-order valence-electron chi connectivity index (χ2n) is 5.74. The van der Waals surface area contributed by atoms with Gasteiger partial charge in [-0.05, 0) is 24.3 Å². The summed E-state index contributed by atoms with van der Waals surface area (Å²) in [5.41, 5.74) is 0.0651. The summed E-state index contributed by atoms with van der Waals surface area (Å²) in [5, 5.41) is 2.91. The summed E-state index contributed by atoms with van der Waals surface area (Å²) in [6.07, 6.45) is 2.14. The largest absolute Gasteiger partial charge is 0.465 e. The number of ether oxygens (including phenoxy) is 1. The molecular weight excluding hydrogens is 294 g/mol. The van der Waals surface area contributed by atoms with E-state index in [1.807, 2.05) is 6.07 Å². The first-order valence-electron chi connectivity index (χ1n) is 7.48. The molecule has 3 heterocycles. The van der Waals surface area contributed by atoms with E-state index in [2.05, 4.69) is 10.3 Å². The van der Waals surface area contributed by atoms with Gasteiger partial charge < -0.3 is 15.0 Å². The summed E-state index contributed by atoms with van der Waals surface area (Å²) in [4.78, 5) is 30.5. The summed E-state index contributed by atoms with van der Waals surface area (Å²) in [7, 11) is 0. The van der Waals surface area contributed by atoms with Crippen LogP contribution in [0.3, 0.4) is 0 Å². The van der Waals surface area contributed by atoms with E-state index in [-0.39, 0.29) is 11.8 Å². The lowest BCUT2D eigenvalue weighted by molar-refractivity contribution is 0.0239. The van der Waals surface area contributed by atoms with Crippen molar-refractivity contribution >= 4 is 11.8 Å². The number of nitrogens with one attached hydrogen (secondary N) is 1. The lowest BCUT2D eigenvalue weighted by Crippen LogP contribution is -2.57. The minimum absolute atomic E-state index is 0.154. The molecule has 116 valence electrons. The molecule has 1 spiro atoms. The Hall–Kier alpha value is -2.89. The standard InChI is InChI=1S/C17H15N3O3/c21-15-12-5-1-2-7-14(12)23-17(19-15)8-10-20(11-17)16(22)13-6-3-4-9-18-13/h1-7,9H,8,10-11H2,(H,19,21). The topological polar surface area (TPSA) is 71.5 Å². The molecular formula is C17H15N3O3. The number of carbonyl (C=O) groups is 2. The van der Waals surface area contributed by atoms with Gasteiger partial charge in [-0.15, -0.1) is 0 Å². The van der Waals surface area contributed by atoms with Crippen molar-refractivity contribution in [2.45, 2.75) is 12.1 Å². The molecule has 6 heteroatoms. The minimum atomic E-state index is -0.851. The molecule has 1 fully saturated rings. The van der Waals surface area contributed by atoms with E-state index in [1.165, 1.54) is 0 Å². The fourth-order valence-corrected chi connectivity index (χ4v) is 3.05. The van der Waals surface area contributed by atoms with E-state index in [1.54, 1.807) is 47.5 Å². The Morgan fingerprint density at radius 1 is 1.22 bits per heavy atom. The zero-order valence-electron chi connectivity index (χ0n) is 12.4.